The second-order valence-corrected chi connectivity index (χ2v) is 8.47. The molecule has 36 heavy (non-hydrogen) atoms. The van der Waals surface area contributed by atoms with Gasteiger partial charge in [0.15, 0.2) is 5.95 Å². The Balaban J connectivity index is 0.000000427. The predicted octanol–water partition coefficient (Wildman–Crippen LogP) is 4.50. The molecule has 3 aromatic heterocycles. The summed E-state index contributed by atoms with van der Waals surface area (Å²) >= 11 is 0. The first-order chi connectivity index (χ1) is 16.9. The van der Waals surface area contributed by atoms with Gasteiger partial charge < -0.3 is 31.3 Å². The van der Waals surface area contributed by atoms with E-state index in [2.05, 4.69) is 59.0 Å². The zero-order valence-corrected chi connectivity index (χ0v) is 24.0. The Hall–Kier alpha value is -3.56. The molecule has 0 amide bonds. The Morgan fingerprint density at radius 3 is 1.58 bits per heavy atom. The van der Waals surface area contributed by atoms with Gasteiger partial charge in [0.25, 0.3) is 0 Å². The summed E-state index contributed by atoms with van der Waals surface area (Å²) in [4.78, 5) is 25.2. The number of amidine groups is 1. The van der Waals surface area contributed by atoms with Crippen molar-refractivity contribution in [1.29, 1.82) is 0 Å². The first-order valence-electron chi connectivity index (χ1n) is 12.3. The normalized spacial score (nSPS) is 11.4. The number of nitrogens with one attached hydrogen (secondary N) is 5. The number of rotatable bonds is 2. The molecule has 0 saturated heterocycles. The summed E-state index contributed by atoms with van der Waals surface area (Å²) in [7, 11) is 1.88. The van der Waals surface area contributed by atoms with E-state index in [1.165, 1.54) is 17.8 Å². The summed E-state index contributed by atoms with van der Waals surface area (Å²) in [6.07, 6.45) is 3.91. The average molecular weight is 501 g/mol. The van der Waals surface area contributed by atoms with E-state index in [1.54, 1.807) is 6.20 Å². The molecular formula is C26H48N10. The van der Waals surface area contributed by atoms with E-state index < -0.39 is 0 Å². The van der Waals surface area contributed by atoms with Crippen LogP contribution in [0.15, 0.2) is 23.5 Å². The van der Waals surface area contributed by atoms with E-state index in [0.29, 0.717) is 5.95 Å². The molecule has 10 heteroatoms. The Morgan fingerprint density at radius 1 is 0.944 bits per heavy atom. The van der Waals surface area contributed by atoms with Crippen LogP contribution in [0.25, 0.3) is 0 Å². The summed E-state index contributed by atoms with van der Waals surface area (Å²) in [6, 6.07) is 0. The number of aryl methyl sites for hydroxylation is 7. The van der Waals surface area contributed by atoms with Crippen LogP contribution in [0.3, 0.4) is 0 Å². The van der Waals surface area contributed by atoms with Crippen molar-refractivity contribution in [3.63, 3.8) is 0 Å². The maximum Gasteiger partial charge on any atom is 0.197 e. The number of imidazole rings is 3. The molecule has 4 heterocycles. The molecule has 0 fully saturated rings. The van der Waals surface area contributed by atoms with Crippen molar-refractivity contribution >= 4 is 11.8 Å². The van der Waals surface area contributed by atoms with Crippen LogP contribution in [0.1, 0.15) is 66.8 Å². The lowest BCUT2D eigenvalue weighted by Crippen LogP contribution is -2.26. The van der Waals surface area contributed by atoms with Crippen molar-refractivity contribution in [3.05, 3.63) is 58.6 Å². The molecule has 202 valence electrons. The Bertz CT molecular complexity index is 933. The Kier molecular flexibility index (Phi) is 16.1. The molecule has 0 radical (unpaired) electrons. The monoisotopic (exact) mass is 500 g/mol. The number of nitrogen functional groups attached to an aromatic ring is 1. The fraction of sp³-hybridized carbons (Fsp3) is 0.538. The van der Waals surface area contributed by atoms with E-state index in [0.717, 1.165) is 59.8 Å². The van der Waals surface area contributed by atoms with Gasteiger partial charge in [-0.25, -0.2) is 15.0 Å². The SMILES string of the molecule is C=C(CC)NC.CC1=NCCCN1.Cc1cnc(N)[nH]1.Cc1nc(C)c(C)[nH]1.Cc1nc(C)c(C)[nH]1. The van der Waals surface area contributed by atoms with Crippen LogP contribution in [0.4, 0.5) is 5.95 Å². The third-order valence-electron chi connectivity index (χ3n) is 5.06. The van der Waals surface area contributed by atoms with E-state index in [9.17, 15) is 0 Å². The van der Waals surface area contributed by atoms with Crippen molar-refractivity contribution in [2.24, 2.45) is 4.99 Å². The zero-order valence-electron chi connectivity index (χ0n) is 24.0. The van der Waals surface area contributed by atoms with Gasteiger partial charge in [0, 0.05) is 49.1 Å². The van der Waals surface area contributed by atoms with E-state index in [4.69, 9.17) is 5.73 Å². The number of H-pyrrole nitrogens is 3. The van der Waals surface area contributed by atoms with Gasteiger partial charge in [-0.15, -0.1) is 0 Å². The molecule has 0 unspecified atom stereocenters. The van der Waals surface area contributed by atoms with Crippen LogP contribution in [0.2, 0.25) is 0 Å². The highest BCUT2D eigenvalue weighted by Crippen LogP contribution is 2.00. The minimum Gasteiger partial charge on any atom is -0.392 e. The Labute approximate surface area is 217 Å². The lowest BCUT2D eigenvalue weighted by Gasteiger charge is -2.08. The number of anilines is 1. The van der Waals surface area contributed by atoms with E-state index in [-0.39, 0.29) is 0 Å². The second-order valence-electron chi connectivity index (χ2n) is 8.47. The number of aromatic amines is 3. The maximum atomic E-state index is 5.21. The molecule has 0 saturated carbocycles. The van der Waals surface area contributed by atoms with Gasteiger partial charge in [0.1, 0.15) is 11.6 Å². The van der Waals surface area contributed by atoms with Gasteiger partial charge in [-0.05, 0) is 68.2 Å². The predicted molar refractivity (Wildman–Crippen MR) is 152 cm³/mol. The van der Waals surface area contributed by atoms with Crippen LogP contribution in [0.5, 0.6) is 0 Å². The minimum atomic E-state index is 0.484. The third-order valence-corrected chi connectivity index (χ3v) is 5.06. The summed E-state index contributed by atoms with van der Waals surface area (Å²) in [5.74, 6) is 3.57. The van der Waals surface area contributed by atoms with E-state index in [1.807, 2.05) is 62.4 Å². The average Bonchev–Trinajstić information content (AvgIpc) is 3.46. The summed E-state index contributed by atoms with van der Waals surface area (Å²) in [5, 5.41) is 6.05. The van der Waals surface area contributed by atoms with E-state index >= 15 is 0 Å². The van der Waals surface area contributed by atoms with Gasteiger partial charge >= 0.3 is 0 Å². The highest BCUT2D eigenvalue weighted by molar-refractivity contribution is 5.79. The molecular weight excluding hydrogens is 452 g/mol. The summed E-state index contributed by atoms with van der Waals surface area (Å²) < 4.78 is 0. The highest BCUT2D eigenvalue weighted by Gasteiger charge is 1.95. The standard InChI is InChI=1S/2C6H10N2.C5H10N2.C5H11N.C4H7N3/c2*1-4-5(2)8-6(3)7-4;1-5-6-3-2-4-7-5;1-4-5(2)6-3;1-3-2-6-4(5)7-3/h2*1-3H3,(H,7,8);2-4H2,1H3,(H,6,7);6H,2,4H2,1,3H3;2H,1H3,(H3,5,6,7). The van der Waals surface area contributed by atoms with Crippen molar-refractivity contribution in [2.45, 2.75) is 75.2 Å². The molecule has 10 nitrogen and oxygen atoms in total. The second kappa shape index (κ2) is 17.8. The first kappa shape index (κ1) is 32.4. The number of aromatic nitrogens is 6. The first-order valence-corrected chi connectivity index (χ1v) is 12.3. The fourth-order valence-electron chi connectivity index (χ4n) is 2.71. The third kappa shape index (κ3) is 15.4. The number of nitrogens with zero attached hydrogens (tertiary/aromatic N) is 4. The van der Waals surface area contributed by atoms with Crippen LogP contribution in [0, 0.1) is 48.5 Å². The van der Waals surface area contributed by atoms with Gasteiger partial charge in [-0.1, -0.05) is 13.5 Å². The largest absolute Gasteiger partial charge is 0.392 e. The van der Waals surface area contributed by atoms with Crippen LogP contribution >= 0.6 is 0 Å². The number of allylic oxidation sites excluding steroid dienone is 1. The van der Waals surface area contributed by atoms with Crippen LogP contribution in [-0.4, -0.2) is 55.9 Å². The summed E-state index contributed by atoms with van der Waals surface area (Å²) in [6.45, 7) is 23.7. The molecule has 1 aliphatic rings. The molecule has 4 rings (SSSR count). The minimum absolute atomic E-state index is 0.484. The van der Waals surface area contributed by atoms with Crippen molar-refractivity contribution in [2.75, 3.05) is 25.9 Å². The lowest BCUT2D eigenvalue weighted by atomic mass is 10.4. The molecule has 0 aliphatic carbocycles. The highest BCUT2D eigenvalue weighted by atomic mass is 15.0. The maximum absolute atomic E-state index is 5.21. The van der Waals surface area contributed by atoms with Crippen molar-refractivity contribution < 1.29 is 0 Å². The molecule has 3 aromatic rings. The van der Waals surface area contributed by atoms with Gasteiger partial charge in [0.05, 0.1) is 17.2 Å². The van der Waals surface area contributed by atoms with Gasteiger partial charge in [0.2, 0.25) is 0 Å². The zero-order chi connectivity index (χ0) is 27.7. The molecule has 7 N–H and O–H groups in total. The molecule has 1 aliphatic heterocycles. The number of hydrogen-bond donors (Lipinski definition) is 6. The van der Waals surface area contributed by atoms with Gasteiger partial charge in [-0.3, -0.25) is 4.99 Å². The molecule has 0 bridgehead atoms. The van der Waals surface area contributed by atoms with Crippen LogP contribution in [-0.2, 0) is 0 Å². The lowest BCUT2D eigenvalue weighted by molar-refractivity contribution is 0.739. The topological polar surface area (TPSA) is 148 Å². The molecule has 0 aromatic carbocycles. The summed E-state index contributed by atoms with van der Waals surface area (Å²) in [5.41, 5.74) is 11.8. The van der Waals surface area contributed by atoms with Crippen LogP contribution < -0.4 is 16.4 Å². The molecule has 0 spiro atoms. The molecule has 0 atom stereocenters. The Morgan fingerprint density at radius 2 is 1.47 bits per heavy atom. The smallest absolute Gasteiger partial charge is 0.197 e. The van der Waals surface area contributed by atoms with Crippen molar-refractivity contribution in [3.8, 4) is 0 Å². The number of aliphatic imine (C=N–C) groups is 1. The fourth-order valence-corrected chi connectivity index (χ4v) is 2.71. The van der Waals surface area contributed by atoms with Gasteiger partial charge in [-0.2, -0.15) is 0 Å². The number of nitrogens with two attached hydrogens (primary N) is 1. The number of hydrogen-bond acceptors (Lipinski definition) is 7. The van der Waals surface area contributed by atoms with Crippen molar-refractivity contribution in [1.82, 2.24) is 40.5 Å². The quantitative estimate of drug-likeness (QED) is 0.305.